The molecule has 0 radical (unpaired) electrons. The maximum Gasteiger partial charge on any atom is 0.358 e. The van der Waals surface area contributed by atoms with Gasteiger partial charge in [-0.05, 0) is 43.7 Å². The average Bonchev–Trinajstić information content (AvgIpc) is 2.93. The largest absolute Gasteiger partial charge is 0.464 e. The van der Waals surface area contributed by atoms with Gasteiger partial charge in [0, 0.05) is 12.6 Å². The third-order valence-electron chi connectivity index (χ3n) is 3.79. The summed E-state index contributed by atoms with van der Waals surface area (Å²) in [5.41, 5.74) is 0.258. The van der Waals surface area contributed by atoms with Gasteiger partial charge in [-0.25, -0.2) is 4.79 Å². The highest BCUT2D eigenvalue weighted by molar-refractivity contribution is 5.86. The van der Waals surface area contributed by atoms with Crippen molar-refractivity contribution in [3.63, 3.8) is 0 Å². The van der Waals surface area contributed by atoms with Crippen LogP contribution in [0.1, 0.15) is 50.0 Å². The van der Waals surface area contributed by atoms with E-state index in [1.165, 1.54) is 32.8 Å². The Balaban J connectivity index is 2.04. The summed E-state index contributed by atoms with van der Waals surface area (Å²) in [7, 11) is 1.35. The normalized spacial score (nSPS) is 18.6. The number of aromatic nitrogens is 2. The lowest BCUT2D eigenvalue weighted by Crippen LogP contribution is -2.30. The second-order valence-corrected chi connectivity index (χ2v) is 5.73. The summed E-state index contributed by atoms with van der Waals surface area (Å²) in [5.74, 6) is 1.15. The SMILES string of the molecule is COC(=O)c1ccc(N2CCCC2CCC(C)C)nn1. The van der Waals surface area contributed by atoms with Crippen LogP contribution >= 0.6 is 0 Å². The lowest BCUT2D eigenvalue weighted by Gasteiger charge is -2.25. The second kappa shape index (κ2) is 6.68. The van der Waals surface area contributed by atoms with Crippen LogP contribution in [0.3, 0.4) is 0 Å². The van der Waals surface area contributed by atoms with Crippen molar-refractivity contribution in [3.8, 4) is 0 Å². The Kier molecular flexibility index (Phi) is 4.93. The number of methoxy groups -OCH3 is 1. The van der Waals surface area contributed by atoms with E-state index in [0.29, 0.717) is 6.04 Å². The number of carbonyl (C=O) groups is 1. The van der Waals surface area contributed by atoms with Gasteiger partial charge in [0.05, 0.1) is 7.11 Å². The van der Waals surface area contributed by atoms with Gasteiger partial charge >= 0.3 is 5.97 Å². The van der Waals surface area contributed by atoms with Crippen molar-refractivity contribution in [1.29, 1.82) is 0 Å². The first-order valence-corrected chi connectivity index (χ1v) is 7.30. The number of hydrogen-bond donors (Lipinski definition) is 0. The van der Waals surface area contributed by atoms with Crippen LogP contribution < -0.4 is 4.90 Å². The molecule has 2 rings (SSSR count). The van der Waals surface area contributed by atoms with Gasteiger partial charge in [0.15, 0.2) is 11.5 Å². The van der Waals surface area contributed by atoms with E-state index in [4.69, 9.17) is 0 Å². The maximum absolute atomic E-state index is 11.3. The zero-order chi connectivity index (χ0) is 14.5. The molecule has 0 N–H and O–H groups in total. The molecule has 5 nitrogen and oxygen atoms in total. The minimum atomic E-state index is -0.443. The van der Waals surface area contributed by atoms with Crippen molar-refractivity contribution in [2.45, 2.75) is 45.6 Å². The van der Waals surface area contributed by atoms with E-state index in [1.54, 1.807) is 6.07 Å². The van der Waals surface area contributed by atoms with Crippen molar-refractivity contribution in [2.24, 2.45) is 5.92 Å². The highest BCUT2D eigenvalue weighted by Crippen LogP contribution is 2.27. The third kappa shape index (κ3) is 3.46. The standard InChI is InChI=1S/C15H23N3O2/c1-11(2)6-7-12-5-4-10-18(12)14-9-8-13(16-17-14)15(19)20-3/h8-9,11-12H,4-7,10H2,1-3H3. The minimum absolute atomic E-state index is 0.258. The number of nitrogens with zero attached hydrogens (tertiary/aromatic N) is 3. The van der Waals surface area contributed by atoms with Crippen LogP contribution in [0.25, 0.3) is 0 Å². The lowest BCUT2D eigenvalue weighted by atomic mass is 10.0. The monoisotopic (exact) mass is 277 g/mol. The van der Waals surface area contributed by atoms with E-state index in [-0.39, 0.29) is 5.69 Å². The molecule has 0 amide bonds. The number of rotatable bonds is 5. The summed E-state index contributed by atoms with van der Waals surface area (Å²) in [6.45, 7) is 5.53. The first-order valence-electron chi connectivity index (χ1n) is 7.30. The molecule has 0 aromatic carbocycles. The van der Waals surface area contributed by atoms with Gasteiger partial charge in [-0.1, -0.05) is 13.8 Å². The van der Waals surface area contributed by atoms with Crippen molar-refractivity contribution in [1.82, 2.24) is 10.2 Å². The lowest BCUT2D eigenvalue weighted by molar-refractivity contribution is 0.0592. The van der Waals surface area contributed by atoms with Crippen LogP contribution in [-0.4, -0.2) is 35.9 Å². The molecule has 2 heterocycles. The molecule has 20 heavy (non-hydrogen) atoms. The quantitative estimate of drug-likeness (QED) is 0.774. The Morgan fingerprint density at radius 2 is 2.25 bits per heavy atom. The fourth-order valence-electron chi connectivity index (χ4n) is 2.66. The van der Waals surface area contributed by atoms with Gasteiger partial charge in [0.2, 0.25) is 0 Å². The Bertz CT molecular complexity index is 445. The summed E-state index contributed by atoms with van der Waals surface area (Å²) in [5, 5.41) is 8.14. The average molecular weight is 277 g/mol. The first-order chi connectivity index (χ1) is 9.61. The minimum Gasteiger partial charge on any atom is -0.464 e. The highest BCUT2D eigenvalue weighted by Gasteiger charge is 2.26. The van der Waals surface area contributed by atoms with Gasteiger partial charge < -0.3 is 9.64 Å². The Hall–Kier alpha value is -1.65. The predicted molar refractivity (Wildman–Crippen MR) is 77.8 cm³/mol. The Morgan fingerprint density at radius 3 is 2.85 bits per heavy atom. The van der Waals surface area contributed by atoms with E-state index in [2.05, 4.69) is 33.7 Å². The van der Waals surface area contributed by atoms with E-state index in [0.717, 1.165) is 18.3 Å². The maximum atomic E-state index is 11.3. The molecule has 1 aliphatic rings. The fraction of sp³-hybridized carbons (Fsp3) is 0.667. The summed E-state index contributed by atoms with van der Waals surface area (Å²) < 4.78 is 4.63. The van der Waals surface area contributed by atoms with E-state index < -0.39 is 5.97 Å². The van der Waals surface area contributed by atoms with E-state index >= 15 is 0 Å². The highest BCUT2D eigenvalue weighted by atomic mass is 16.5. The Morgan fingerprint density at radius 1 is 1.45 bits per heavy atom. The van der Waals surface area contributed by atoms with Crippen molar-refractivity contribution in [3.05, 3.63) is 17.8 Å². The number of anilines is 1. The van der Waals surface area contributed by atoms with Crippen LogP contribution in [0.15, 0.2) is 12.1 Å². The van der Waals surface area contributed by atoms with Crippen molar-refractivity contribution >= 4 is 11.8 Å². The molecule has 1 atom stereocenters. The first kappa shape index (κ1) is 14.8. The molecule has 1 fully saturated rings. The fourth-order valence-corrected chi connectivity index (χ4v) is 2.66. The topological polar surface area (TPSA) is 55.3 Å². The summed E-state index contributed by atoms with van der Waals surface area (Å²) in [6.07, 6.45) is 4.84. The van der Waals surface area contributed by atoms with E-state index in [9.17, 15) is 4.79 Å². The zero-order valence-electron chi connectivity index (χ0n) is 12.5. The molecule has 1 unspecified atom stereocenters. The van der Waals surface area contributed by atoms with E-state index in [1.807, 2.05) is 6.07 Å². The molecule has 0 spiro atoms. The van der Waals surface area contributed by atoms with Gasteiger partial charge in [-0.15, -0.1) is 10.2 Å². The van der Waals surface area contributed by atoms with Crippen LogP contribution in [-0.2, 0) is 4.74 Å². The van der Waals surface area contributed by atoms with Crippen LogP contribution in [0, 0.1) is 5.92 Å². The molecular formula is C15H23N3O2. The number of hydrogen-bond acceptors (Lipinski definition) is 5. The number of esters is 1. The van der Waals surface area contributed by atoms with Crippen LogP contribution in [0.2, 0.25) is 0 Å². The smallest absolute Gasteiger partial charge is 0.358 e. The zero-order valence-corrected chi connectivity index (χ0v) is 12.5. The molecule has 1 aromatic heterocycles. The number of ether oxygens (including phenoxy) is 1. The second-order valence-electron chi connectivity index (χ2n) is 5.73. The third-order valence-corrected chi connectivity index (χ3v) is 3.79. The number of carbonyl (C=O) groups excluding carboxylic acids is 1. The molecular weight excluding hydrogens is 254 g/mol. The predicted octanol–water partition coefficient (Wildman–Crippen LogP) is 2.67. The molecule has 0 bridgehead atoms. The van der Waals surface area contributed by atoms with Crippen molar-refractivity contribution < 1.29 is 9.53 Å². The van der Waals surface area contributed by atoms with Gasteiger partial charge in [-0.2, -0.15) is 0 Å². The Labute approximate surface area is 120 Å². The van der Waals surface area contributed by atoms with Gasteiger partial charge in [0.1, 0.15) is 0 Å². The summed E-state index contributed by atoms with van der Waals surface area (Å²) in [6, 6.07) is 4.11. The molecule has 0 saturated carbocycles. The van der Waals surface area contributed by atoms with Crippen molar-refractivity contribution in [2.75, 3.05) is 18.6 Å². The van der Waals surface area contributed by atoms with Gasteiger partial charge in [0.25, 0.3) is 0 Å². The molecule has 1 saturated heterocycles. The van der Waals surface area contributed by atoms with Crippen LogP contribution in [0.4, 0.5) is 5.82 Å². The molecule has 1 aromatic rings. The summed E-state index contributed by atoms with van der Waals surface area (Å²) >= 11 is 0. The van der Waals surface area contributed by atoms with Gasteiger partial charge in [-0.3, -0.25) is 0 Å². The molecule has 5 heteroatoms. The molecule has 1 aliphatic heterocycles. The molecule has 0 aliphatic carbocycles. The summed E-state index contributed by atoms with van der Waals surface area (Å²) in [4.78, 5) is 13.7. The molecule has 110 valence electrons. The van der Waals surface area contributed by atoms with Crippen LogP contribution in [0.5, 0.6) is 0 Å².